The highest BCUT2D eigenvalue weighted by atomic mass is 16.5. The standard InChI is InChI=1S/C17H22N2O3/c1-22-11-17(8-4-5-9-17)19-16(21)14-10-12-6-2-3-7-13(12)15(20)18-14/h2-3,6-7,14H,4-5,8-11H2,1H3,(H,18,20)(H,19,21). The van der Waals surface area contributed by atoms with Gasteiger partial charge in [0.1, 0.15) is 6.04 Å². The number of carbonyl (C=O) groups is 2. The normalized spacial score (nSPS) is 22.8. The third-order valence-corrected chi connectivity index (χ3v) is 4.68. The summed E-state index contributed by atoms with van der Waals surface area (Å²) >= 11 is 0. The lowest BCUT2D eigenvalue weighted by Crippen LogP contribution is -2.58. The number of ether oxygens (including phenoxy) is 1. The van der Waals surface area contributed by atoms with E-state index in [9.17, 15) is 9.59 Å². The van der Waals surface area contributed by atoms with Gasteiger partial charge < -0.3 is 15.4 Å². The molecule has 2 aliphatic rings. The van der Waals surface area contributed by atoms with Crippen LogP contribution in [0.2, 0.25) is 0 Å². The Kier molecular flexibility index (Phi) is 4.16. The zero-order chi connectivity index (χ0) is 15.6. The van der Waals surface area contributed by atoms with E-state index in [-0.39, 0.29) is 17.4 Å². The largest absolute Gasteiger partial charge is 0.382 e. The zero-order valence-electron chi connectivity index (χ0n) is 12.9. The first-order valence-electron chi connectivity index (χ1n) is 7.83. The van der Waals surface area contributed by atoms with Gasteiger partial charge in [-0.05, 0) is 24.5 Å². The average Bonchev–Trinajstić information content (AvgIpc) is 2.96. The SMILES string of the molecule is COCC1(NC(=O)C2Cc3ccccc3C(=O)N2)CCCC1. The van der Waals surface area contributed by atoms with Crippen molar-refractivity contribution in [1.82, 2.24) is 10.6 Å². The maximum absolute atomic E-state index is 12.6. The van der Waals surface area contributed by atoms with Crippen LogP contribution in [0.15, 0.2) is 24.3 Å². The number of hydrogen-bond acceptors (Lipinski definition) is 3. The van der Waals surface area contributed by atoms with E-state index in [1.807, 2.05) is 18.2 Å². The molecule has 1 aliphatic heterocycles. The monoisotopic (exact) mass is 302 g/mol. The lowest BCUT2D eigenvalue weighted by atomic mass is 9.93. The van der Waals surface area contributed by atoms with Crippen molar-refractivity contribution in [2.45, 2.75) is 43.7 Å². The minimum absolute atomic E-state index is 0.109. The van der Waals surface area contributed by atoms with Crippen molar-refractivity contribution >= 4 is 11.8 Å². The second-order valence-electron chi connectivity index (χ2n) is 6.30. The Morgan fingerprint density at radius 2 is 2.09 bits per heavy atom. The summed E-state index contributed by atoms with van der Waals surface area (Å²) in [6, 6.07) is 6.94. The Balaban J connectivity index is 1.72. The van der Waals surface area contributed by atoms with Crippen LogP contribution in [0, 0.1) is 0 Å². The number of amides is 2. The van der Waals surface area contributed by atoms with Gasteiger partial charge in [0.15, 0.2) is 0 Å². The summed E-state index contributed by atoms with van der Waals surface area (Å²) in [6.07, 6.45) is 4.61. The molecule has 0 saturated heterocycles. The Labute approximate surface area is 130 Å². The van der Waals surface area contributed by atoms with Crippen LogP contribution in [-0.4, -0.2) is 37.1 Å². The Hall–Kier alpha value is -1.88. The van der Waals surface area contributed by atoms with Crippen molar-refractivity contribution in [2.75, 3.05) is 13.7 Å². The zero-order valence-corrected chi connectivity index (χ0v) is 12.9. The molecule has 1 fully saturated rings. The highest BCUT2D eigenvalue weighted by molar-refractivity contribution is 6.00. The number of rotatable bonds is 4. The number of benzene rings is 1. The molecule has 22 heavy (non-hydrogen) atoms. The van der Waals surface area contributed by atoms with E-state index in [4.69, 9.17) is 4.74 Å². The molecule has 1 atom stereocenters. The quantitative estimate of drug-likeness (QED) is 0.884. The van der Waals surface area contributed by atoms with E-state index in [1.54, 1.807) is 13.2 Å². The lowest BCUT2D eigenvalue weighted by Gasteiger charge is -2.33. The first-order valence-corrected chi connectivity index (χ1v) is 7.83. The van der Waals surface area contributed by atoms with Crippen LogP contribution < -0.4 is 10.6 Å². The molecule has 1 saturated carbocycles. The molecular weight excluding hydrogens is 280 g/mol. The summed E-state index contributed by atoms with van der Waals surface area (Å²) in [5.74, 6) is -0.281. The second-order valence-corrected chi connectivity index (χ2v) is 6.30. The minimum atomic E-state index is -0.503. The molecule has 1 aromatic carbocycles. The van der Waals surface area contributed by atoms with Gasteiger partial charge in [-0.3, -0.25) is 9.59 Å². The first-order chi connectivity index (χ1) is 10.6. The fourth-order valence-electron chi connectivity index (χ4n) is 3.57. The van der Waals surface area contributed by atoms with E-state index in [0.717, 1.165) is 31.2 Å². The summed E-state index contributed by atoms with van der Waals surface area (Å²) in [5.41, 5.74) is 1.32. The molecule has 1 heterocycles. The number of carbonyl (C=O) groups excluding carboxylic acids is 2. The summed E-state index contributed by atoms with van der Waals surface area (Å²) in [5, 5.41) is 5.95. The molecule has 2 amide bonds. The van der Waals surface area contributed by atoms with Gasteiger partial charge >= 0.3 is 0 Å². The van der Waals surface area contributed by atoms with Gasteiger partial charge in [0.05, 0.1) is 12.1 Å². The van der Waals surface area contributed by atoms with Gasteiger partial charge in [-0.15, -0.1) is 0 Å². The smallest absolute Gasteiger partial charge is 0.252 e. The van der Waals surface area contributed by atoms with Gasteiger partial charge in [0, 0.05) is 19.1 Å². The molecule has 0 bridgehead atoms. The van der Waals surface area contributed by atoms with E-state index in [1.165, 1.54) is 0 Å². The molecule has 1 unspecified atom stereocenters. The molecular formula is C17H22N2O3. The van der Waals surface area contributed by atoms with E-state index in [0.29, 0.717) is 18.6 Å². The molecule has 1 aliphatic carbocycles. The Bertz CT molecular complexity index is 579. The van der Waals surface area contributed by atoms with Gasteiger partial charge in [-0.2, -0.15) is 0 Å². The summed E-state index contributed by atoms with van der Waals surface area (Å²) in [7, 11) is 1.66. The molecule has 5 heteroatoms. The summed E-state index contributed by atoms with van der Waals surface area (Å²) in [4.78, 5) is 24.7. The van der Waals surface area contributed by atoms with Gasteiger partial charge in [-0.1, -0.05) is 31.0 Å². The third kappa shape index (κ3) is 2.86. The van der Waals surface area contributed by atoms with Gasteiger partial charge in [0.2, 0.25) is 5.91 Å². The number of nitrogens with one attached hydrogen (secondary N) is 2. The van der Waals surface area contributed by atoms with Crippen molar-refractivity contribution in [1.29, 1.82) is 0 Å². The van der Waals surface area contributed by atoms with E-state index in [2.05, 4.69) is 10.6 Å². The van der Waals surface area contributed by atoms with Crippen LogP contribution in [-0.2, 0) is 16.0 Å². The Morgan fingerprint density at radius 3 is 2.82 bits per heavy atom. The van der Waals surface area contributed by atoms with Crippen LogP contribution in [0.25, 0.3) is 0 Å². The predicted octanol–water partition coefficient (Wildman–Crippen LogP) is 1.42. The predicted molar refractivity (Wildman–Crippen MR) is 82.6 cm³/mol. The molecule has 0 spiro atoms. The molecule has 0 aromatic heterocycles. The molecule has 0 radical (unpaired) electrons. The van der Waals surface area contributed by atoms with Crippen molar-refractivity contribution < 1.29 is 14.3 Å². The van der Waals surface area contributed by atoms with Crippen LogP contribution in [0.3, 0.4) is 0 Å². The van der Waals surface area contributed by atoms with Crippen LogP contribution >= 0.6 is 0 Å². The summed E-state index contributed by atoms with van der Waals surface area (Å²) in [6.45, 7) is 0.524. The molecule has 1 aromatic rings. The van der Waals surface area contributed by atoms with Crippen molar-refractivity contribution in [3.63, 3.8) is 0 Å². The fraction of sp³-hybridized carbons (Fsp3) is 0.529. The topological polar surface area (TPSA) is 67.4 Å². The van der Waals surface area contributed by atoms with Gasteiger partial charge in [0.25, 0.3) is 5.91 Å². The first kappa shape index (κ1) is 15.0. The maximum atomic E-state index is 12.6. The average molecular weight is 302 g/mol. The number of hydrogen-bond donors (Lipinski definition) is 2. The minimum Gasteiger partial charge on any atom is -0.382 e. The fourth-order valence-corrected chi connectivity index (χ4v) is 3.57. The molecule has 118 valence electrons. The number of fused-ring (bicyclic) bond motifs is 1. The molecule has 3 rings (SSSR count). The number of methoxy groups -OCH3 is 1. The van der Waals surface area contributed by atoms with E-state index < -0.39 is 6.04 Å². The summed E-state index contributed by atoms with van der Waals surface area (Å²) < 4.78 is 5.29. The second kappa shape index (κ2) is 6.08. The van der Waals surface area contributed by atoms with Crippen molar-refractivity contribution in [3.8, 4) is 0 Å². The van der Waals surface area contributed by atoms with Gasteiger partial charge in [-0.25, -0.2) is 0 Å². The van der Waals surface area contributed by atoms with Crippen molar-refractivity contribution in [2.24, 2.45) is 0 Å². The van der Waals surface area contributed by atoms with Crippen LogP contribution in [0.4, 0.5) is 0 Å². The third-order valence-electron chi connectivity index (χ3n) is 4.68. The van der Waals surface area contributed by atoms with Crippen molar-refractivity contribution in [3.05, 3.63) is 35.4 Å². The molecule has 2 N–H and O–H groups in total. The highest BCUT2D eigenvalue weighted by Gasteiger charge is 2.38. The van der Waals surface area contributed by atoms with E-state index >= 15 is 0 Å². The van der Waals surface area contributed by atoms with Crippen LogP contribution in [0.5, 0.6) is 0 Å². The highest BCUT2D eigenvalue weighted by Crippen LogP contribution is 2.30. The maximum Gasteiger partial charge on any atom is 0.252 e. The molecule has 5 nitrogen and oxygen atoms in total. The lowest BCUT2D eigenvalue weighted by molar-refractivity contribution is -0.125. The Morgan fingerprint density at radius 1 is 1.36 bits per heavy atom. The van der Waals surface area contributed by atoms with Crippen LogP contribution in [0.1, 0.15) is 41.6 Å².